The van der Waals surface area contributed by atoms with E-state index in [-0.39, 0.29) is 11.8 Å². The quantitative estimate of drug-likeness (QED) is 0.714. The molecule has 1 rings (SSSR count). The molecule has 1 atom stereocenters. The second-order valence-electron chi connectivity index (χ2n) is 5.29. The maximum atomic E-state index is 11.6. The van der Waals surface area contributed by atoms with Crippen molar-refractivity contribution in [2.45, 2.75) is 33.6 Å². The van der Waals surface area contributed by atoms with Crippen LogP contribution in [0.25, 0.3) is 0 Å². The molecule has 0 radical (unpaired) electrons. The van der Waals surface area contributed by atoms with Crippen molar-refractivity contribution in [2.75, 3.05) is 19.6 Å². The summed E-state index contributed by atoms with van der Waals surface area (Å²) in [5.41, 5.74) is 0.307. The van der Waals surface area contributed by atoms with Crippen LogP contribution in [0.3, 0.4) is 0 Å². The molecular formula is C11H22N2O. The van der Waals surface area contributed by atoms with E-state index in [1.54, 1.807) is 0 Å². The zero-order valence-corrected chi connectivity index (χ0v) is 9.52. The van der Waals surface area contributed by atoms with Crippen molar-refractivity contribution >= 4 is 5.91 Å². The van der Waals surface area contributed by atoms with E-state index in [4.69, 9.17) is 0 Å². The number of hydrogen-bond acceptors (Lipinski definition) is 2. The smallest absolute Gasteiger partial charge is 0.224 e. The third kappa shape index (κ3) is 4.09. The van der Waals surface area contributed by atoms with Crippen LogP contribution in [0.2, 0.25) is 0 Å². The highest BCUT2D eigenvalue weighted by Gasteiger charge is 2.22. The van der Waals surface area contributed by atoms with Crippen LogP contribution in [0.1, 0.15) is 33.6 Å². The van der Waals surface area contributed by atoms with Gasteiger partial charge in [-0.1, -0.05) is 20.8 Å². The molecule has 1 fully saturated rings. The van der Waals surface area contributed by atoms with Gasteiger partial charge in [0, 0.05) is 13.1 Å². The number of amides is 1. The van der Waals surface area contributed by atoms with Crippen LogP contribution >= 0.6 is 0 Å². The average molecular weight is 198 g/mol. The molecular weight excluding hydrogens is 176 g/mol. The van der Waals surface area contributed by atoms with E-state index in [1.165, 1.54) is 0 Å². The van der Waals surface area contributed by atoms with E-state index in [0.29, 0.717) is 5.41 Å². The van der Waals surface area contributed by atoms with E-state index < -0.39 is 0 Å². The molecule has 1 aliphatic rings. The predicted molar refractivity (Wildman–Crippen MR) is 58.1 cm³/mol. The predicted octanol–water partition coefficient (Wildman–Crippen LogP) is 1.15. The second-order valence-corrected chi connectivity index (χ2v) is 5.29. The van der Waals surface area contributed by atoms with Crippen molar-refractivity contribution in [3.63, 3.8) is 0 Å². The lowest BCUT2D eigenvalue weighted by Crippen LogP contribution is -2.33. The van der Waals surface area contributed by atoms with Gasteiger partial charge in [-0.2, -0.15) is 0 Å². The molecule has 1 aliphatic heterocycles. The Labute approximate surface area is 86.6 Å². The van der Waals surface area contributed by atoms with Crippen LogP contribution in [0, 0.1) is 11.3 Å². The van der Waals surface area contributed by atoms with Crippen LogP contribution in [0.5, 0.6) is 0 Å². The molecule has 82 valence electrons. The summed E-state index contributed by atoms with van der Waals surface area (Å²) in [4.78, 5) is 11.6. The third-order valence-electron chi connectivity index (χ3n) is 2.61. The molecule has 1 unspecified atom stereocenters. The van der Waals surface area contributed by atoms with Crippen LogP contribution < -0.4 is 10.6 Å². The second kappa shape index (κ2) is 4.78. The van der Waals surface area contributed by atoms with Crippen LogP contribution in [-0.2, 0) is 4.79 Å². The molecule has 2 N–H and O–H groups in total. The van der Waals surface area contributed by atoms with Gasteiger partial charge in [0.1, 0.15) is 0 Å². The molecule has 0 saturated carbocycles. The van der Waals surface area contributed by atoms with Gasteiger partial charge in [-0.25, -0.2) is 0 Å². The van der Waals surface area contributed by atoms with E-state index in [1.807, 2.05) is 0 Å². The number of carbonyl (C=O) groups is 1. The summed E-state index contributed by atoms with van der Waals surface area (Å²) in [5.74, 6) is 0.425. The lowest BCUT2D eigenvalue weighted by atomic mass is 9.92. The van der Waals surface area contributed by atoms with Crippen molar-refractivity contribution in [1.29, 1.82) is 0 Å². The minimum Gasteiger partial charge on any atom is -0.356 e. The van der Waals surface area contributed by atoms with Crippen molar-refractivity contribution < 1.29 is 4.79 Å². The Hall–Kier alpha value is -0.570. The Bertz CT molecular complexity index is 190. The van der Waals surface area contributed by atoms with Gasteiger partial charge >= 0.3 is 0 Å². The SMILES string of the molecule is CC(C)(C)CCNC(=O)C1CCNC1. The summed E-state index contributed by atoms with van der Waals surface area (Å²) in [7, 11) is 0. The van der Waals surface area contributed by atoms with Gasteiger partial charge in [-0.3, -0.25) is 4.79 Å². The van der Waals surface area contributed by atoms with Gasteiger partial charge in [0.05, 0.1) is 5.92 Å². The Morgan fingerprint density at radius 2 is 2.21 bits per heavy atom. The summed E-state index contributed by atoms with van der Waals surface area (Å²) < 4.78 is 0. The molecule has 0 bridgehead atoms. The van der Waals surface area contributed by atoms with Gasteiger partial charge in [0.2, 0.25) is 5.91 Å². The molecule has 0 aromatic carbocycles. The summed E-state index contributed by atoms with van der Waals surface area (Å²) >= 11 is 0. The minimum absolute atomic E-state index is 0.204. The third-order valence-corrected chi connectivity index (χ3v) is 2.61. The Balaban J connectivity index is 2.15. The molecule has 14 heavy (non-hydrogen) atoms. The molecule has 1 saturated heterocycles. The normalized spacial score (nSPS) is 22.4. The highest BCUT2D eigenvalue weighted by molar-refractivity contribution is 5.79. The van der Waals surface area contributed by atoms with E-state index in [2.05, 4.69) is 31.4 Å². The average Bonchev–Trinajstić information content (AvgIpc) is 2.53. The lowest BCUT2D eigenvalue weighted by Gasteiger charge is -2.18. The number of nitrogens with one attached hydrogen (secondary N) is 2. The molecule has 1 amide bonds. The Morgan fingerprint density at radius 3 is 2.71 bits per heavy atom. The Kier molecular flexibility index (Phi) is 3.93. The van der Waals surface area contributed by atoms with Crippen LogP contribution in [0.4, 0.5) is 0 Å². The van der Waals surface area contributed by atoms with Gasteiger partial charge < -0.3 is 10.6 Å². The largest absolute Gasteiger partial charge is 0.356 e. The fourth-order valence-electron chi connectivity index (χ4n) is 1.58. The maximum Gasteiger partial charge on any atom is 0.224 e. The summed E-state index contributed by atoms with van der Waals surface area (Å²) in [5, 5.41) is 6.20. The van der Waals surface area contributed by atoms with Gasteiger partial charge in [-0.15, -0.1) is 0 Å². The maximum absolute atomic E-state index is 11.6. The molecule has 0 aliphatic carbocycles. The van der Waals surface area contributed by atoms with Gasteiger partial charge in [0.15, 0.2) is 0 Å². The fraction of sp³-hybridized carbons (Fsp3) is 0.909. The zero-order valence-electron chi connectivity index (χ0n) is 9.52. The van der Waals surface area contributed by atoms with Crippen LogP contribution in [-0.4, -0.2) is 25.5 Å². The summed E-state index contributed by atoms with van der Waals surface area (Å²) in [6, 6.07) is 0. The first-order chi connectivity index (χ1) is 6.49. The monoisotopic (exact) mass is 198 g/mol. The zero-order chi connectivity index (χ0) is 10.6. The summed E-state index contributed by atoms with van der Waals surface area (Å²) in [6.07, 6.45) is 2.03. The summed E-state index contributed by atoms with van der Waals surface area (Å²) in [6.45, 7) is 9.21. The van der Waals surface area contributed by atoms with Crippen molar-refractivity contribution in [1.82, 2.24) is 10.6 Å². The molecule has 3 heteroatoms. The van der Waals surface area contributed by atoms with Gasteiger partial charge in [0.25, 0.3) is 0 Å². The topological polar surface area (TPSA) is 41.1 Å². The van der Waals surface area contributed by atoms with Crippen molar-refractivity contribution in [3.05, 3.63) is 0 Å². The number of carbonyl (C=O) groups excluding carboxylic acids is 1. The molecule has 0 aromatic heterocycles. The minimum atomic E-state index is 0.204. The van der Waals surface area contributed by atoms with Crippen molar-refractivity contribution in [3.8, 4) is 0 Å². The van der Waals surface area contributed by atoms with E-state index in [9.17, 15) is 4.79 Å². The van der Waals surface area contributed by atoms with E-state index in [0.717, 1.165) is 32.5 Å². The lowest BCUT2D eigenvalue weighted by molar-refractivity contribution is -0.124. The highest BCUT2D eigenvalue weighted by Crippen LogP contribution is 2.17. The number of hydrogen-bond donors (Lipinski definition) is 2. The number of rotatable bonds is 3. The van der Waals surface area contributed by atoms with E-state index >= 15 is 0 Å². The molecule has 0 aromatic rings. The Morgan fingerprint density at radius 1 is 1.50 bits per heavy atom. The molecule has 1 heterocycles. The first-order valence-corrected chi connectivity index (χ1v) is 5.47. The first-order valence-electron chi connectivity index (χ1n) is 5.47. The fourth-order valence-corrected chi connectivity index (χ4v) is 1.58. The molecule has 3 nitrogen and oxygen atoms in total. The van der Waals surface area contributed by atoms with Crippen molar-refractivity contribution in [2.24, 2.45) is 11.3 Å². The standard InChI is InChI=1S/C11H22N2O/c1-11(2,3)5-7-13-10(14)9-4-6-12-8-9/h9,12H,4-8H2,1-3H3,(H,13,14). The van der Waals surface area contributed by atoms with Crippen LogP contribution in [0.15, 0.2) is 0 Å². The molecule has 0 spiro atoms. The first kappa shape index (κ1) is 11.5. The highest BCUT2D eigenvalue weighted by atomic mass is 16.1. The van der Waals surface area contributed by atoms with Gasteiger partial charge in [-0.05, 0) is 24.8 Å².